The van der Waals surface area contributed by atoms with Crippen molar-refractivity contribution in [2.75, 3.05) is 13.1 Å². The van der Waals surface area contributed by atoms with Gasteiger partial charge in [-0.3, -0.25) is 0 Å². The summed E-state index contributed by atoms with van der Waals surface area (Å²) in [4.78, 5) is 1.45. The van der Waals surface area contributed by atoms with Gasteiger partial charge in [-0.25, -0.2) is 0 Å². The van der Waals surface area contributed by atoms with Crippen molar-refractivity contribution in [3.8, 4) is 0 Å². The highest BCUT2D eigenvalue weighted by Crippen LogP contribution is 2.20. The smallest absolute Gasteiger partial charge is 0.0388 e. The van der Waals surface area contributed by atoms with Crippen LogP contribution in [0.3, 0.4) is 0 Å². The van der Waals surface area contributed by atoms with Crippen LogP contribution in [0, 0.1) is 0 Å². The van der Waals surface area contributed by atoms with Crippen LogP contribution in [0.2, 0.25) is 0 Å². The Morgan fingerprint density at radius 2 is 2.40 bits per heavy atom. The van der Waals surface area contributed by atoms with Gasteiger partial charge in [0.1, 0.15) is 0 Å². The second kappa shape index (κ2) is 5.64. The Hall–Kier alpha value is -0.380. The van der Waals surface area contributed by atoms with Crippen molar-refractivity contribution < 1.29 is 0 Å². The monoisotopic (exact) mass is 224 g/mol. The molecule has 2 unspecified atom stereocenters. The summed E-state index contributed by atoms with van der Waals surface area (Å²) < 4.78 is 0. The fourth-order valence-corrected chi connectivity index (χ4v) is 2.90. The topological polar surface area (TPSA) is 24.1 Å². The summed E-state index contributed by atoms with van der Waals surface area (Å²) in [6, 6.07) is 5.55. The molecule has 0 radical (unpaired) electrons. The van der Waals surface area contributed by atoms with Gasteiger partial charge in [-0.1, -0.05) is 6.07 Å². The first kappa shape index (κ1) is 11.1. The van der Waals surface area contributed by atoms with Crippen LogP contribution < -0.4 is 10.6 Å². The van der Waals surface area contributed by atoms with E-state index < -0.39 is 0 Å². The van der Waals surface area contributed by atoms with E-state index in [1.165, 1.54) is 30.7 Å². The minimum Gasteiger partial charge on any atom is -0.317 e. The fourth-order valence-electron chi connectivity index (χ4n) is 2.16. The Bertz CT molecular complexity index is 263. The summed E-state index contributed by atoms with van der Waals surface area (Å²) in [6.07, 6.45) is 3.87. The van der Waals surface area contributed by atoms with Crippen LogP contribution in [0.25, 0.3) is 0 Å². The highest BCUT2D eigenvalue weighted by atomic mass is 32.1. The van der Waals surface area contributed by atoms with Crippen LogP contribution in [0.1, 0.15) is 37.1 Å². The zero-order valence-corrected chi connectivity index (χ0v) is 10.1. The van der Waals surface area contributed by atoms with Crippen LogP contribution in [0.4, 0.5) is 0 Å². The van der Waals surface area contributed by atoms with Gasteiger partial charge in [0.05, 0.1) is 0 Å². The van der Waals surface area contributed by atoms with E-state index in [4.69, 9.17) is 0 Å². The van der Waals surface area contributed by atoms with Crippen molar-refractivity contribution in [2.24, 2.45) is 0 Å². The number of hydrogen-bond donors (Lipinski definition) is 2. The standard InChI is InChI=1S/C12H20N2S/c1-10(12-5-3-9-15-12)14-11-4-2-7-13-8-6-11/h3,5,9-11,13-14H,2,4,6-8H2,1H3. The van der Waals surface area contributed by atoms with E-state index in [9.17, 15) is 0 Å². The van der Waals surface area contributed by atoms with Crippen molar-refractivity contribution in [1.82, 2.24) is 10.6 Å². The first-order valence-electron chi connectivity index (χ1n) is 5.86. The number of hydrogen-bond acceptors (Lipinski definition) is 3. The molecule has 2 nitrogen and oxygen atoms in total. The lowest BCUT2D eigenvalue weighted by atomic mass is 10.1. The molecule has 1 saturated heterocycles. The summed E-state index contributed by atoms with van der Waals surface area (Å²) in [6.45, 7) is 4.62. The molecule has 2 heterocycles. The van der Waals surface area contributed by atoms with E-state index >= 15 is 0 Å². The van der Waals surface area contributed by atoms with Gasteiger partial charge < -0.3 is 10.6 Å². The highest BCUT2D eigenvalue weighted by Gasteiger charge is 2.15. The molecule has 0 saturated carbocycles. The molecule has 0 bridgehead atoms. The quantitative estimate of drug-likeness (QED) is 0.824. The molecule has 1 aromatic heterocycles. The molecule has 2 atom stereocenters. The lowest BCUT2D eigenvalue weighted by Gasteiger charge is -2.20. The molecule has 0 aromatic carbocycles. The normalized spacial score (nSPS) is 24.7. The summed E-state index contributed by atoms with van der Waals surface area (Å²) in [5, 5.41) is 9.33. The molecule has 1 aromatic rings. The van der Waals surface area contributed by atoms with Gasteiger partial charge >= 0.3 is 0 Å². The van der Waals surface area contributed by atoms with Crippen LogP contribution in [-0.4, -0.2) is 19.1 Å². The zero-order valence-electron chi connectivity index (χ0n) is 9.33. The van der Waals surface area contributed by atoms with Gasteiger partial charge in [0.25, 0.3) is 0 Å². The Kier molecular flexibility index (Phi) is 4.18. The third-order valence-electron chi connectivity index (χ3n) is 3.03. The Morgan fingerprint density at radius 1 is 1.47 bits per heavy atom. The molecule has 15 heavy (non-hydrogen) atoms. The lowest BCUT2D eigenvalue weighted by Crippen LogP contribution is -2.31. The summed E-state index contributed by atoms with van der Waals surface area (Å²) in [5.41, 5.74) is 0. The lowest BCUT2D eigenvalue weighted by molar-refractivity contribution is 0.424. The van der Waals surface area contributed by atoms with Gasteiger partial charge in [0.15, 0.2) is 0 Å². The van der Waals surface area contributed by atoms with E-state index in [1.807, 2.05) is 11.3 Å². The number of thiophene rings is 1. The van der Waals surface area contributed by atoms with Gasteiger partial charge in [0.2, 0.25) is 0 Å². The molecule has 84 valence electrons. The minimum absolute atomic E-state index is 0.507. The average Bonchev–Trinajstić information content (AvgIpc) is 2.65. The molecule has 2 N–H and O–H groups in total. The Balaban J connectivity index is 1.84. The van der Waals surface area contributed by atoms with E-state index in [0.29, 0.717) is 12.1 Å². The maximum Gasteiger partial charge on any atom is 0.0388 e. The van der Waals surface area contributed by atoms with Gasteiger partial charge in [-0.15, -0.1) is 11.3 Å². The first-order chi connectivity index (χ1) is 7.36. The van der Waals surface area contributed by atoms with Crippen LogP contribution >= 0.6 is 11.3 Å². The maximum atomic E-state index is 3.73. The molecule has 2 rings (SSSR count). The Morgan fingerprint density at radius 3 is 3.20 bits per heavy atom. The average molecular weight is 224 g/mol. The number of nitrogens with one attached hydrogen (secondary N) is 2. The highest BCUT2D eigenvalue weighted by molar-refractivity contribution is 7.10. The zero-order chi connectivity index (χ0) is 10.5. The first-order valence-corrected chi connectivity index (χ1v) is 6.74. The molecule has 0 spiro atoms. The summed E-state index contributed by atoms with van der Waals surface area (Å²) in [7, 11) is 0. The van der Waals surface area contributed by atoms with Crippen molar-refractivity contribution >= 4 is 11.3 Å². The second-order valence-corrected chi connectivity index (χ2v) is 5.26. The molecule has 3 heteroatoms. The minimum atomic E-state index is 0.507. The summed E-state index contributed by atoms with van der Waals surface area (Å²) >= 11 is 1.85. The van der Waals surface area contributed by atoms with E-state index in [0.717, 1.165) is 6.54 Å². The molecule has 0 aliphatic carbocycles. The van der Waals surface area contributed by atoms with Crippen LogP contribution in [-0.2, 0) is 0 Å². The molecule has 1 aliphatic heterocycles. The van der Waals surface area contributed by atoms with E-state index in [2.05, 4.69) is 35.1 Å². The third-order valence-corrected chi connectivity index (χ3v) is 4.09. The molecule has 1 fully saturated rings. The second-order valence-electron chi connectivity index (χ2n) is 4.28. The van der Waals surface area contributed by atoms with Crippen molar-refractivity contribution in [2.45, 2.75) is 38.3 Å². The van der Waals surface area contributed by atoms with Gasteiger partial charge in [0, 0.05) is 17.0 Å². The molecular weight excluding hydrogens is 204 g/mol. The van der Waals surface area contributed by atoms with Crippen molar-refractivity contribution in [1.29, 1.82) is 0 Å². The van der Waals surface area contributed by atoms with E-state index in [1.54, 1.807) is 0 Å². The van der Waals surface area contributed by atoms with E-state index in [-0.39, 0.29) is 0 Å². The predicted molar refractivity (Wildman–Crippen MR) is 66.4 cm³/mol. The SMILES string of the molecule is CC(NC1CCCNCC1)c1cccs1. The molecular formula is C12H20N2S. The largest absolute Gasteiger partial charge is 0.317 e. The van der Waals surface area contributed by atoms with Crippen LogP contribution in [0.15, 0.2) is 17.5 Å². The van der Waals surface area contributed by atoms with Gasteiger partial charge in [-0.2, -0.15) is 0 Å². The van der Waals surface area contributed by atoms with Crippen molar-refractivity contribution in [3.63, 3.8) is 0 Å². The van der Waals surface area contributed by atoms with Gasteiger partial charge in [-0.05, 0) is 50.7 Å². The predicted octanol–water partition coefficient (Wildman–Crippen LogP) is 2.54. The fraction of sp³-hybridized carbons (Fsp3) is 0.667. The van der Waals surface area contributed by atoms with Crippen LogP contribution in [0.5, 0.6) is 0 Å². The Labute approximate surface area is 96.1 Å². The van der Waals surface area contributed by atoms with Crippen molar-refractivity contribution in [3.05, 3.63) is 22.4 Å². The number of rotatable bonds is 3. The molecule has 1 aliphatic rings. The maximum absolute atomic E-state index is 3.73. The molecule has 0 amide bonds. The third kappa shape index (κ3) is 3.30. The summed E-state index contributed by atoms with van der Waals surface area (Å²) in [5.74, 6) is 0.